The predicted octanol–water partition coefficient (Wildman–Crippen LogP) is 2.85. The van der Waals surface area contributed by atoms with Crippen molar-refractivity contribution in [3.63, 3.8) is 0 Å². The minimum Gasteiger partial charge on any atom is -0.463 e. The lowest BCUT2D eigenvalue weighted by Crippen LogP contribution is -2.40. The largest absolute Gasteiger partial charge is 0.463 e. The highest BCUT2D eigenvalue weighted by molar-refractivity contribution is 7.07. The van der Waals surface area contributed by atoms with Gasteiger partial charge in [0.1, 0.15) is 11.9 Å². The van der Waals surface area contributed by atoms with Crippen molar-refractivity contribution in [2.45, 2.75) is 19.9 Å². The second-order valence-electron chi connectivity index (χ2n) is 7.18. The van der Waals surface area contributed by atoms with Crippen LogP contribution in [0.25, 0.3) is 6.08 Å². The molecule has 0 fully saturated rings. The molecule has 0 N–H and O–H groups in total. The number of non-ortho nitro benzene ring substituents is 1. The fraction of sp³-hybridized carbons (Fsp3) is 0.174. The standard InChI is InChI=1S/C23H18FN3O5S/c1-3-32-22(29)19-13(2)25-23-26(20(19)16-9-4-5-10-17(16)24)21(28)18(33-23)12-14-7-6-8-15(11-14)27(30)31/h4-12,20H,3H2,1-2H3/b18-12+/t20-/m1/s1. The van der Waals surface area contributed by atoms with Crippen LogP contribution in [0.5, 0.6) is 0 Å². The molecule has 0 unspecified atom stereocenters. The van der Waals surface area contributed by atoms with E-state index in [1.165, 1.54) is 47.0 Å². The summed E-state index contributed by atoms with van der Waals surface area (Å²) in [5.41, 5.74) is 0.395. The molecule has 0 saturated carbocycles. The highest BCUT2D eigenvalue weighted by atomic mass is 32.1. The van der Waals surface area contributed by atoms with E-state index in [-0.39, 0.29) is 32.8 Å². The first-order valence-corrected chi connectivity index (χ1v) is 10.8. The number of halogens is 1. The van der Waals surface area contributed by atoms with Gasteiger partial charge in [-0.3, -0.25) is 19.5 Å². The van der Waals surface area contributed by atoms with Crippen LogP contribution >= 0.6 is 11.3 Å². The molecule has 0 aliphatic carbocycles. The quantitative estimate of drug-likeness (QED) is 0.326. The molecule has 1 aliphatic heterocycles. The number of fused-ring (bicyclic) bond motifs is 1. The normalized spacial score (nSPS) is 15.7. The van der Waals surface area contributed by atoms with Crippen LogP contribution in [0, 0.1) is 15.9 Å². The molecule has 10 heteroatoms. The van der Waals surface area contributed by atoms with Crippen molar-refractivity contribution in [1.29, 1.82) is 0 Å². The molecular formula is C23H18FN3O5S. The topological polar surface area (TPSA) is 104 Å². The van der Waals surface area contributed by atoms with E-state index in [2.05, 4.69) is 4.99 Å². The number of rotatable bonds is 5. The fourth-order valence-corrected chi connectivity index (χ4v) is 4.71. The zero-order valence-corrected chi connectivity index (χ0v) is 18.5. The van der Waals surface area contributed by atoms with Gasteiger partial charge in [-0.25, -0.2) is 14.2 Å². The van der Waals surface area contributed by atoms with Crippen molar-refractivity contribution in [2.24, 2.45) is 4.99 Å². The molecule has 0 amide bonds. The highest BCUT2D eigenvalue weighted by Gasteiger charge is 2.34. The van der Waals surface area contributed by atoms with E-state index in [0.29, 0.717) is 11.3 Å². The van der Waals surface area contributed by atoms with E-state index in [0.717, 1.165) is 11.3 Å². The van der Waals surface area contributed by atoms with Crippen molar-refractivity contribution in [1.82, 2.24) is 4.57 Å². The molecule has 1 atom stereocenters. The van der Waals surface area contributed by atoms with Gasteiger partial charge in [0, 0.05) is 17.7 Å². The molecule has 3 aromatic rings. The van der Waals surface area contributed by atoms with E-state index in [9.17, 15) is 24.1 Å². The molecule has 8 nitrogen and oxygen atoms in total. The number of benzene rings is 2. The van der Waals surface area contributed by atoms with Gasteiger partial charge in [-0.15, -0.1) is 0 Å². The Morgan fingerprint density at radius 1 is 1.30 bits per heavy atom. The van der Waals surface area contributed by atoms with Crippen molar-refractivity contribution < 1.29 is 18.8 Å². The molecule has 0 radical (unpaired) electrons. The first-order chi connectivity index (χ1) is 15.8. The smallest absolute Gasteiger partial charge is 0.338 e. The average Bonchev–Trinajstić information content (AvgIpc) is 3.08. The summed E-state index contributed by atoms with van der Waals surface area (Å²) in [6, 6.07) is 10.7. The second-order valence-corrected chi connectivity index (χ2v) is 8.18. The Kier molecular flexibility index (Phi) is 6.01. The number of nitro benzene ring substituents is 1. The Bertz CT molecular complexity index is 1490. The van der Waals surface area contributed by atoms with Gasteiger partial charge < -0.3 is 4.74 Å². The monoisotopic (exact) mass is 467 g/mol. The molecule has 2 aromatic carbocycles. The van der Waals surface area contributed by atoms with Crippen molar-refractivity contribution in [3.05, 3.63) is 107 Å². The maximum Gasteiger partial charge on any atom is 0.338 e. The third kappa shape index (κ3) is 4.12. The summed E-state index contributed by atoms with van der Waals surface area (Å²) in [4.78, 5) is 41.5. The van der Waals surface area contributed by atoms with Crippen LogP contribution < -0.4 is 14.9 Å². The van der Waals surface area contributed by atoms with Gasteiger partial charge in [0.05, 0.1) is 27.3 Å². The molecule has 0 spiro atoms. The number of esters is 1. The van der Waals surface area contributed by atoms with Crippen molar-refractivity contribution in [2.75, 3.05) is 6.61 Å². The summed E-state index contributed by atoms with van der Waals surface area (Å²) in [6.07, 6.45) is 1.51. The maximum atomic E-state index is 14.8. The number of hydrogen-bond acceptors (Lipinski definition) is 7. The lowest BCUT2D eigenvalue weighted by molar-refractivity contribution is -0.384. The molecule has 33 heavy (non-hydrogen) atoms. The predicted molar refractivity (Wildman–Crippen MR) is 120 cm³/mol. The van der Waals surface area contributed by atoms with Gasteiger partial charge in [0.2, 0.25) is 0 Å². The van der Waals surface area contributed by atoms with Crippen LogP contribution in [0.2, 0.25) is 0 Å². The summed E-state index contributed by atoms with van der Waals surface area (Å²) < 4.78 is 21.5. The third-order valence-corrected chi connectivity index (χ3v) is 6.08. The number of carbonyl (C=O) groups is 1. The number of nitrogens with zero attached hydrogens (tertiary/aromatic N) is 3. The second kappa shape index (κ2) is 8.91. The fourth-order valence-electron chi connectivity index (χ4n) is 3.66. The van der Waals surface area contributed by atoms with E-state index in [1.807, 2.05) is 0 Å². The number of nitro groups is 1. The molecule has 0 saturated heterocycles. The first-order valence-electron chi connectivity index (χ1n) is 10.0. The minimum absolute atomic E-state index is 0.0799. The van der Waals surface area contributed by atoms with E-state index < -0.39 is 28.3 Å². The summed E-state index contributed by atoms with van der Waals surface area (Å²) in [5, 5.41) is 11.1. The van der Waals surface area contributed by atoms with E-state index in [4.69, 9.17) is 4.74 Å². The number of allylic oxidation sites excluding steroid dienone is 1. The Balaban J connectivity index is 1.96. The number of thiazole rings is 1. The SMILES string of the molecule is CCOC(=O)C1=C(C)N=c2s/c(=C/c3cccc([N+](=O)[O-])c3)c(=O)n2[C@@H]1c1ccccc1F. The Labute approximate surface area is 190 Å². The molecule has 4 rings (SSSR count). The van der Waals surface area contributed by atoms with Gasteiger partial charge in [-0.2, -0.15) is 0 Å². The summed E-state index contributed by atoms with van der Waals surface area (Å²) in [5.74, 6) is -1.26. The zero-order valence-electron chi connectivity index (χ0n) is 17.6. The van der Waals surface area contributed by atoms with Crippen LogP contribution in [0.4, 0.5) is 10.1 Å². The third-order valence-electron chi connectivity index (χ3n) is 5.10. The number of hydrogen-bond donors (Lipinski definition) is 0. The number of carbonyl (C=O) groups excluding carboxylic acids is 1. The summed E-state index contributed by atoms with van der Waals surface area (Å²) >= 11 is 1.06. The van der Waals surface area contributed by atoms with E-state index >= 15 is 0 Å². The maximum absolute atomic E-state index is 14.8. The molecule has 1 aromatic heterocycles. The van der Waals surface area contributed by atoms with Gasteiger partial charge in [0.25, 0.3) is 11.2 Å². The first kappa shape index (κ1) is 22.3. The number of aromatic nitrogens is 1. The van der Waals surface area contributed by atoms with Crippen molar-refractivity contribution in [3.8, 4) is 0 Å². The Morgan fingerprint density at radius 3 is 2.76 bits per heavy atom. The highest BCUT2D eigenvalue weighted by Crippen LogP contribution is 2.32. The van der Waals surface area contributed by atoms with Crippen LogP contribution in [-0.4, -0.2) is 22.1 Å². The lowest BCUT2D eigenvalue weighted by Gasteiger charge is -2.24. The minimum atomic E-state index is -1.06. The van der Waals surface area contributed by atoms with Gasteiger partial charge >= 0.3 is 5.97 Å². The van der Waals surface area contributed by atoms with Crippen LogP contribution in [-0.2, 0) is 9.53 Å². The van der Waals surface area contributed by atoms with Gasteiger partial charge in [0.15, 0.2) is 4.80 Å². The average molecular weight is 467 g/mol. The molecule has 1 aliphatic rings. The van der Waals surface area contributed by atoms with Crippen molar-refractivity contribution >= 4 is 29.1 Å². The lowest BCUT2D eigenvalue weighted by atomic mass is 9.95. The van der Waals surface area contributed by atoms with Gasteiger partial charge in [-0.05, 0) is 31.6 Å². The molecule has 2 heterocycles. The summed E-state index contributed by atoms with van der Waals surface area (Å²) in [7, 11) is 0. The molecule has 168 valence electrons. The zero-order chi connectivity index (χ0) is 23.7. The Hall–Kier alpha value is -3.92. The summed E-state index contributed by atoms with van der Waals surface area (Å²) in [6.45, 7) is 3.37. The molecular weight excluding hydrogens is 449 g/mol. The van der Waals surface area contributed by atoms with Crippen LogP contribution in [0.1, 0.15) is 31.0 Å². The van der Waals surface area contributed by atoms with Gasteiger partial charge in [-0.1, -0.05) is 41.7 Å². The Morgan fingerprint density at radius 2 is 2.06 bits per heavy atom. The van der Waals surface area contributed by atoms with Crippen LogP contribution in [0.15, 0.2) is 69.6 Å². The molecule has 0 bridgehead atoms. The number of ether oxygens (including phenoxy) is 1. The van der Waals surface area contributed by atoms with Crippen LogP contribution in [0.3, 0.4) is 0 Å². The van der Waals surface area contributed by atoms with E-state index in [1.54, 1.807) is 26.0 Å².